The lowest BCUT2D eigenvalue weighted by atomic mass is 10.1. The summed E-state index contributed by atoms with van der Waals surface area (Å²) < 4.78 is 10.3. The monoisotopic (exact) mass is 677 g/mol. The van der Waals surface area contributed by atoms with E-state index in [1.165, 1.54) is 141 Å². The largest absolute Gasteiger partial charge is 0.466 e. The summed E-state index contributed by atoms with van der Waals surface area (Å²) in [7, 11) is 0. The minimum absolute atomic E-state index is 0.0129. The third-order valence-corrected chi connectivity index (χ3v) is 8.81. The molecule has 0 rings (SSSR count). The molecule has 284 valence electrons. The van der Waals surface area contributed by atoms with Gasteiger partial charge in [-0.3, -0.25) is 9.59 Å². The first-order valence-corrected chi connectivity index (χ1v) is 21.2. The fourth-order valence-electron chi connectivity index (χ4n) is 5.49. The quantitative estimate of drug-likeness (QED) is 0.0376. The van der Waals surface area contributed by atoms with Crippen LogP contribution in [0.4, 0.5) is 0 Å². The molecule has 0 fully saturated rings. The molecule has 0 aliphatic rings. The summed E-state index contributed by atoms with van der Waals surface area (Å²) in [5.74, 6) is -0.0258. The Kier molecular flexibility index (Phi) is 45.9. The first kappa shape index (κ1) is 48.5. The van der Waals surface area contributed by atoms with E-state index < -0.39 is 0 Å². The molecule has 0 aromatic heterocycles. The van der Waals surface area contributed by atoms with Crippen LogP contribution in [0.2, 0.25) is 0 Å². The van der Waals surface area contributed by atoms with Gasteiger partial charge < -0.3 is 9.47 Å². The van der Waals surface area contributed by atoms with Crippen LogP contribution in [0.15, 0.2) is 24.3 Å². The number of hydrogen-bond acceptors (Lipinski definition) is 4. The van der Waals surface area contributed by atoms with E-state index in [9.17, 15) is 9.59 Å². The zero-order chi connectivity index (χ0) is 35.4. The lowest BCUT2D eigenvalue weighted by Crippen LogP contribution is -2.05. The number of carbonyl (C=O) groups is 2. The molecule has 0 bridgehead atoms. The van der Waals surface area contributed by atoms with Crippen LogP contribution < -0.4 is 0 Å². The molecule has 0 amide bonds. The zero-order valence-corrected chi connectivity index (χ0v) is 33.0. The van der Waals surface area contributed by atoms with Crippen molar-refractivity contribution in [3.8, 4) is 0 Å². The standard InChI is InChI=1S/2C22H42O2/c2*1-3-5-7-8-9-10-11-12-13-14-15-16-17-18-19-20-22(23)24-21-6-4-2/h2*12-13H,3-11,14-21H2,1-2H3/b2*13-12-. The highest BCUT2D eigenvalue weighted by molar-refractivity contribution is 5.69. The van der Waals surface area contributed by atoms with Gasteiger partial charge in [0, 0.05) is 12.8 Å². The van der Waals surface area contributed by atoms with E-state index in [2.05, 4.69) is 52.0 Å². The Morgan fingerprint density at radius 1 is 0.333 bits per heavy atom. The summed E-state index contributed by atoms with van der Waals surface area (Å²) in [4.78, 5) is 22.8. The predicted molar refractivity (Wildman–Crippen MR) is 211 cm³/mol. The Labute approximate surface area is 301 Å². The second-order valence-electron chi connectivity index (χ2n) is 13.8. The minimum Gasteiger partial charge on any atom is -0.466 e. The van der Waals surface area contributed by atoms with Gasteiger partial charge in [-0.2, -0.15) is 0 Å². The van der Waals surface area contributed by atoms with Crippen molar-refractivity contribution in [2.75, 3.05) is 13.2 Å². The molecule has 0 saturated carbocycles. The lowest BCUT2D eigenvalue weighted by molar-refractivity contribution is -0.144. The van der Waals surface area contributed by atoms with Gasteiger partial charge in [0.2, 0.25) is 0 Å². The Balaban J connectivity index is 0. The number of carbonyl (C=O) groups excluding carboxylic acids is 2. The molecule has 0 heterocycles. The van der Waals surface area contributed by atoms with Gasteiger partial charge in [-0.15, -0.1) is 0 Å². The van der Waals surface area contributed by atoms with E-state index in [0.29, 0.717) is 26.1 Å². The zero-order valence-electron chi connectivity index (χ0n) is 33.0. The molecule has 0 aromatic carbocycles. The molecule has 4 heteroatoms. The van der Waals surface area contributed by atoms with E-state index in [1.807, 2.05) is 0 Å². The van der Waals surface area contributed by atoms with Gasteiger partial charge in [0.1, 0.15) is 0 Å². The van der Waals surface area contributed by atoms with Crippen LogP contribution in [-0.2, 0) is 19.1 Å². The molecular formula is C44H84O4. The van der Waals surface area contributed by atoms with Gasteiger partial charge in [-0.1, -0.05) is 168 Å². The van der Waals surface area contributed by atoms with E-state index in [-0.39, 0.29) is 11.9 Å². The fraction of sp³-hybridized carbons (Fsp3) is 0.864. The Bertz CT molecular complexity index is 625. The third-order valence-electron chi connectivity index (χ3n) is 8.81. The molecule has 0 N–H and O–H groups in total. The molecule has 0 aliphatic carbocycles. The number of allylic oxidation sites excluding steroid dienone is 4. The van der Waals surface area contributed by atoms with E-state index in [0.717, 1.165) is 51.4 Å². The summed E-state index contributed by atoms with van der Waals surface area (Å²) in [5.41, 5.74) is 0. The first-order valence-electron chi connectivity index (χ1n) is 21.2. The molecular weight excluding hydrogens is 592 g/mol. The van der Waals surface area contributed by atoms with Crippen LogP contribution in [0.25, 0.3) is 0 Å². The number of rotatable bonds is 36. The van der Waals surface area contributed by atoms with E-state index >= 15 is 0 Å². The molecule has 4 nitrogen and oxygen atoms in total. The van der Waals surface area contributed by atoms with Crippen LogP contribution in [0.5, 0.6) is 0 Å². The Morgan fingerprint density at radius 2 is 0.583 bits per heavy atom. The maximum atomic E-state index is 11.4. The summed E-state index contributed by atoms with van der Waals surface area (Å²) in [6.07, 6.45) is 48.3. The van der Waals surface area contributed by atoms with Gasteiger partial charge in [0.15, 0.2) is 0 Å². The van der Waals surface area contributed by atoms with Crippen molar-refractivity contribution >= 4 is 11.9 Å². The summed E-state index contributed by atoms with van der Waals surface area (Å²) >= 11 is 0. The van der Waals surface area contributed by atoms with Crippen LogP contribution in [0, 0.1) is 0 Å². The molecule has 0 unspecified atom stereocenters. The minimum atomic E-state index is -0.0129. The van der Waals surface area contributed by atoms with E-state index in [1.54, 1.807) is 0 Å². The van der Waals surface area contributed by atoms with Gasteiger partial charge >= 0.3 is 11.9 Å². The van der Waals surface area contributed by atoms with Gasteiger partial charge in [-0.05, 0) is 77.0 Å². The summed E-state index contributed by atoms with van der Waals surface area (Å²) in [5, 5.41) is 0. The summed E-state index contributed by atoms with van der Waals surface area (Å²) in [6, 6.07) is 0. The normalized spacial score (nSPS) is 11.2. The van der Waals surface area contributed by atoms with Crippen LogP contribution in [-0.4, -0.2) is 25.2 Å². The van der Waals surface area contributed by atoms with Crippen LogP contribution in [0.3, 0.4) is 0 Å². The highest BCUT2D eigenvalue weighted by atomic mass is 16.5. The fourth-order valence-corrected chi connectivity index (χ4v) is 5.49. The van der Waals surface area contributed by atoms with Crippen molar-refractivity contribution in [1.82, 2.24) is 0 Å². The van der Waals surface area contributed by atoms with Crippen molar-refractivity contribution in [3.05, 3.63) is 24.3 Å². The molecule has 0 radical (unpaired) electrons. The maximum Gasteiger partial charge on any atom is 0.305 e. The molecule has 0 aliphatic heterocycles. The highest BCUT2D eigenvalue weighted by Gasteiger charge is 2.02. The van der Waals surface area contributed by atoms with Crippen molar-refractivity contribution in [2.45, 2.75) is 233 Å². The molecule has 0 atom stereocenters. The number of esters is 2. The molecule has 0 spiro atoms. The maximum absolute atomic E-state index is 11.4. The average molecular weight is 677 g/mol. The third kappa shape index (κ3) is 46.5. The topological polar surface area (TPSA) is 52.6 Å². The van der Waals surface area contributed by atoms with Gasteiger partial charge in [0.25, 0.3) is 0 Å². The second kappa shape index (κ2) is 45.4. The summed E-state index contributed by atoms with van der Waals surface area (Å²) in [6.45, 7) is 9.95. The van der Waals surface area contributed by atoms with Crippen molar-refractivity contribution in [3.63, 3.8) is 0 Å². The second-order valence-corrected chi connectivity index (χ2v) is 13.8. The van der Waals surface area contributed by atoms with E-state index in [4.69, 9.17) is 9.47 Å². The number of ether oxygens (including phenoxy) is 2. The van der Waals surface area contributed by atoms with Gasteiger partial charge in [-0.25, -0.2) is 0 Å². The van der Waals surface area contributed by atoms with Gasteiger partial charge in [0.05, 0.1) is 13.2 Å². The highest BCUT2D eigenvalue weighted by Crippen LogP contribution is 2.12. The predicted octanol–water partition coefficient (Wildman–Crippen LogP) is 14.7. The van der Waals surface area contributed by atoms with Crippen molar-refractivity contribution in [1.29, 1.82) is 0 Å². The Hall–Kier alpha value is -1.58. The average Bonchev–Trinajstić information content (AvgIpc) is 3.08. The number of unbranched alkanes of at least 4 members (excludes halogenated alkanes) is 24. The van der Waals surface area contributed by atoms with Crippen LogP contribution >= 0.6 is 0 Å². The molecule has 48 heavy (non-hydrogen) atoms. The lowest BCUT2D eigenvalue weighted by Gasteiger charge is -2.03. The molecule has 0 saturated heterocycles. The number of hydrogen-bond donors (Lipinski definition) is 0. The van der Waals surface area contributed by atoms with Crippen molar-refractivity contribution < 1.29 is 19.1 Å². The molecule has 0 aromatic rings. The van der Waals surface area contributed by atoms with Crippen LogP contribution in [0.1, 0.15) is 233 Å². The smallest absolute Gasteiger partial charge is 0.305 e. The first-order chi connectivity index (χ1) is 23.6. The SMILES string of the molecule is CCCCCCCC/C=C\CCCCCCCC(=O)OCCCC.CCCCCCCC/C=C\CCCCCCCC(=O)OCCCC. The Morgan fingerprint density at radius 3 is 0.875 bits per heavy atom. The van der Waals surface area contributed by atoms with Crippen molar-refractivity contribution in [2.24, 2.45) is 0 Å².